The highest BCUT2D eigenvalue weighted by Crippen LogP contribution is 2.25. The quantitative estimate of drug-likeness (QED) is 0.309. The molecule has 0 saturated heterocycles. The molecule has 0 spiro atoms. The summed E-state index contributed by atoms with van der Waals surface area (Å²) in [5, 5.41) is 4.12. The maximum atomic E-state index is 13.7. The average Bonchev–Trinajstić information content (AvgIpc) is 3.45. The third-order valence-electron chi connectivity index (χ3n) is 6.11. The van der Waals surface area contributed by atoms with Crippen molar-refractivity contribution in [2.24, 2.45) is 4.99 Å². The molecule has 0 amide bonds. The lowest BCUT2D eigenvalue weighted by molar-refractivity contribution is 0.415. The molecule has 35 heavy (non-hydrogen) atoms. The Kier molecular flexibility index (Phi) is 6.06. The van der Waals surface area contributed by atoms with Gasteiger partial charge in [0.2, 0.25) is 0 Å². The Bertz CT molecular complexity index is 1560. The molecule has 176 valence electrons. The fourth-order valence-electron chi connectivity index (χ4n) is 4.28. The summed E-state index contributed by atoms with van der Waals surface area (Å²) in [5.41, 5.74) is 5.15. The number of halogens is 1. The zero-order valence-corrected chi connectivity index (χ0v) is 19.5. The lowest BCUT2D eigenvalue weighted by Crippen LogP contribution is -2.19. The van der Waals surface area contributed by atoms with Gasteiger partial charge in [0.15, 0.2) is 0 Å². The first kappa shape index (κ1) is 22.4. The van der Waals surface area contributed by atoms with Crippen molar-refractivity contribution >= 4 is 16.6 Å². The largest absolute Gasteiger partial charge is 0.497 e. The molecule has 0 saturated carbocycles. The molecule has 3 aromatic carbocycles. The van der Waals surface area contributed by atoms with Gasteiger partial charge in [-0.25, -0.2) is 9.07 Å². The molecule has 7 heteroatoms. The SMILES string of the molecule is COc1ccc(-c2[nH]n(-c3ccccc3)c(=O)c2C(C)=NCCc2c[nH]c3ccc(F)cc23)cc1. The van der Waals surface area contributed by atoms with Crippen LogP contribution in [0.4, 0.5) is 4.39 Å². The number of aliphatic imine (C=N–C) groups is 1. The zero-order valence-electron chi connectivity index (χ0n) is 19.5. The van der Waals surface area contributed by atoms with E-state index in [0.29, 0.717) is 29.9 Å². The van der Waals surface area contributed by atoms with E-state index in [1.54, 1.807) is 13.2 Å². The Morgan fingerprint density at radius 1 is 1.06 bits per heavy atom. The van der Waals surface area contributed by atoms with Gasteiger partial charge >= 0.3 is 0 Å². The number of rotatable bonds is 7. The summed E-state index contributed by atoms with van der Waals surface area (Å²) in [7, 11) is 1.62. The summed E-state index contributed by atoms with van der Waals surface area (Å²) in [6.07, 6.45) is 2.51. The number of hydrogen-bond donors (Lipinski definition) is 2. The van der Waals surface area contributed by atoms with Crippen LogP contribution in [0.25, 0.3) is 27.8 Å². The number of H-pyrrole nitrogens is 2. The van der Waals surface area contributed by atoms with Crippen LogP contribution in [-0.4, -0.2) is 34.1 Å². The molecule has 0 aliphatic rings. The number of fused-ring (bicyclic) bond motifs is 1. The number of aromatic amines is 2. The van der Waals surface area contributed by atoms with Gasteiger partial charge in [0, 0.05) is 34.9 Å². The van der Waals surface area contributed by atoms with E-state index in [2.05, 4.69) is 10.1 Å². The topological polar surface area (TPSA) is 75.2 Å². The number of methoxy groups -OCH3 is 1. The zero-order chi connectivity index (χ0) is 24.4. The van der Waals surface area contributed by atoms with Crippen LogP contribution in [-0.2, 0) is 6.42 Å². The average molecular weight is 469 g/mol. The first-order valence-electron chi connectivity index (χ1n) is 11.4. The van der Waals surface area contributed by atoms with Crippen LogP contribution >= 0.6 is 0 Å². The van der Waals surface area contributed by atoms with Crippen molar-refractivity contribution in [2.75, 3.05) is 13.7 Å². The van der Waals surface area contributed by atoms with E-state index in [1.165, 1.54) is 16.8 Å². The molecule has 5 rings (SSSR count). The molecule has 0 unspecified atom stereocenters. The number of hydrogen-bond acceptors (Lipinski definition) is 3. The minimum Gasteiger partial charge on any atom is -0.497 e. The second-order valence-electron chi connectivity index (χ2n) is 8.29. The van der Waals surface area contributed by atoms with Gasteiger partial charge in [-0.15, -0.1) is 0 Å². The lowest BCUT2D eigenvalue weighted by atomic mass is 10.0. The standard InChI is InChI=1S/C28H25FN4O2/c1-18(30-15-14-20-17-31-25-13-10-21(29)16-24(20)25)26-27(19-8-11-23(35-2)12-9-19)32-33(28(26)34)22-6-4-3-5-7-22/h3-13,16-17,31-32H,14-15H2,1-2H3. The molecule has 5 aromatic rings. The van der Waals surface area contributed by atoms with Gasteiger partial charge in [0.1, 0.15) is 11.6 Å². The monoisotopic (exact) mass is 468 g/mol. The summed E-state index contributed by atoms with van der Waals surface area (Å²) >= 11 is 0. The third-order valence-corrected chi connectivity index (χ3v) is 6.11. The molecule has 6 nitrogen and oxygen atoms in total. The number of benzene rings is 3. The maximum absolute atomic E-state index is 13.7. The maximum Gasteiger partial charge on any atom is 0.280 e. The van der Waals surface area contributed by atoms with Gasteiger partial charge in [-0.2, -0.15) is 0 Å². The minimum atomic E-state index is -0.268. The lowest BCUT2D eigenvalue weighted by Gasteiger charge is -2.05. The Morgan fingerprint density at radius 3 is 2.57 bits per heavy atom. The summed E-state index contributed by atoms with van der Waals surface area (Å²) in [6, 6.07) is 21.7. The van der Waals surface area contributed by atoms with Crippen LogP contribution in [0.15, 0.2) is 88.8 Å². The molecule has 0 aliphatic carbocycles. The molecule has 0 atom stereocenters. The van der Waals surface area contributed by atoms with Crippen LogP contribution in [0.3, 0.4) is 0 Å². The number of aromatic nitrogens is 3. The molecular formula is C28H25FN4O2. The Labute approximate surface area is 201 Å². The van der Waals surface area contributed by atoms with E-state index < -0.39 is 0 Å². The highest BCUT2D eigenvalue weighted by Gasteiger charge is 2.19. The third kappa shape index (κ3) is 4.40. The van der Waals surface area contributed by atoms with Crippen LogP contribution in [0, 0.1) is 5.82 Å². The molecular weight excluding hydrogens is 443 g/mol. The second kappa shape index (κ2) is 9.46. The van der Waals surface area contributed by atoms with Crippen LogP contribution in [0.1, 0.15) is 18.1 Å². The minimum absolute atomic E-state index is 0.169. The Balaban J connectivity index is 1.51. The molecule has 2 aromatic heterocycles. The predicted molar refractivity (Wildman–Crippen MR) is 137 cm³/mol. The number of para-hydroxylation sites is 1. The summed E-state index contributed by atoms with van der Waals surface area (Å²) in [6.45, 7) is 2.31. The molecule has 0 bridgehead atoms. The summed E-state index contributed by atoms with van der Waals surface area (Å²) in [4.78, 5) is 21.4. The highest BCUT2D eigenvalue weighted by molar-refractivity contribution is 6.03. The van der Waals surface area contributed by atoms with E-state index in [0.717, 1.165) is 33.5 Å². The van der Waals surface area contributed by atoms with E-state index in [4.69, 9.17) is 9.73 Å². The summed E-state index contributed by atoms with van der Waals surface area (Å²) < 4.78 is 20.5. The Morgan fingerprint density at radius 2 is 1.83 bits per heavy atom. The predicted octanol–water partition coefficient (Wildman–Crippen LogP) is 5.51. The van der Waals surface area contributed by atoms with Crippen molar-refractivity contribution in [3.63, 3.8) is 0 Å². The molecule has 2 heterocycles. The van der Waals surface area contributed by atoms with E-state index in [1.807, 2.05) is 67.7 Å². The molecule has 0 fully saturated rings. The van der Waals surface area contributed by atoms with Crippen molar-refractivity contribution < 1.29 is 9.13 Å². The molecule has 0 radical (unpaired) electrons. The van der Waals surface area contributed by atoms with Gasteiger partial charge in [0.05, 0.1) is 24.1 Å². The fraction of sp³-hybridized carbons (Fsp3) is 0.143. The van der Waals surface area contributed by atoms with Crippen LogP contribution < -0.4 is 10.3 Å². The van der Waals surface area contributed by atoms with Crippen molar-refractivity contribution in [1.29, 1.82) is 0 Å². The first-order valence-corrected chi connectivity index (χ1v) is 11.4. The van der Waals surface area contributed by atoms with Gasteiger partial charge < -0.3 is 9.72 Å². The van der Waals surface area contributed by atoms with Crippen LogP contribution in [0.5, 0.6) is 5.75 Å². The van der Waals surface area contributed by atoms with Crippen molar-refractivity contribution in [3.8, 4) is 22.7 Å². The first-order chi connectivity index (χ1) is 17.0. The van der Waals surface area contributed by atoms with Crippen molar-refractivity contribution in [2.45, 2.75) is 13.3 Å². The van der Waals surface area contributed by atoms with E-state index in [-0.39, 0.29) is 11.4 Å². The van der Waals surface area contributed by atoms with E-state index in [9.17, 15) is 9.18 Å². The number of ether oxygens (including phenoxy) is 1. The Hall–Kier alpha value is -4.39. The van der Waals surface area contributed by atoms with Crippen molar-refractivity contribution in [1.82, 2.24) is 14.8 Å². The normalized spacial score (nSPS) is 11.8. The highest BCUT2D eigenvalue weighted by atomic mass is 19.1. The van der Waals surface area contributed by atoms with E-state index >= 15 is 0 Å². The molecule has 0 aliphatic heterocycles. The smallest absolute Gasteiger partial charge is 0.280 e. The summed E-state index contributed by atoms with van der Waals surface area (Å²) in [5.74, 6) is 0.469. The van der Waals surface area contributed by atoms with Gasteiger partial charge in [-0.1, -0.05) is 18.2 Å². The van der Waals surface area contributed by atoms with Gasteiger partial charge in [-0.3, -0.25) is 14.9 Å². The fourth-order valence-corrected chi connectivity index (χ4v) is 4.28. The molecule has 2 N–H and O–H groups in total. The number of nitrogens with zero attached hydrogens (tertiary/aromatic N) is 2. The van der Waals surface area contributed by atoms with Crippen LogP contribution in [0.2, 0.25) is 0 Å². The van der Waals surface area contributed by atoms with Gasteiger partial charge in [0.25, 0.3) is 5.56 Å². The number of nitrogens with one attached hydrogen (secondary N) is 2. The second-order valence-corrected chi connectivity index (χ2v) is 8.29. The van der Waals surface area contributed by atoms with Crippen molar-refractivity contribution in [3.05, 3.63) is 106 Å². The van der Waals surface area contributed by atoms with Gasteiger partial charge in [-0.05, 0) is 73.5 Å².